The molecule has 3 heteroatoms. The summed E-state index contributed by atoms with van der Waals surface area (Å²) >= 11 is 0. The standard InChI is InChI=1S/C21H22N2O/c1-23-14-12-18-20(23)17-10-5-6-11-19(17)22-21(18,13-7-15-24)16-8-3-2-4-9-16/h2-6,8-12,14,22,24H,7,13,15H2,1H3/t21-/m0/s1. The summed E-state index contributed by atoms with van der Waals surface area (Å²) in [4.78, 5) is 0. The highest BCUT2D eigenvalue weighted by Gasteiger charge is 2.40. The molecule has 2 N–H and O–H groups in total. The predicted molar refractivity (Wildman–Crippen MR) is 98.0 cm³/mol. The lowest BCUT2D eigenvalue weighted by molar-refractivity contribution is 0.273. The monoisotopic (exact) mass is 318 g/mol. The third-order valence-electron chi connectivity index (χ3n) is 5.04. The van der Waals surface area contributed by atoms with Crippen molar-refractivity contribution in [3.05, 3.63) is 78.0 Å². The molecule has 0 radical (unpaired) electrons. The third kappa shape index (κ3) is 2.16. The summed E-state index contributed by atoms with van der Waals surface area (Å²) in [5.74, 6) is 0. The summed E-state index contributed by atoms with van der Waals surface area (Å²) < 4.78 is 2.20. The Morgan fingerprint density at radius 3 is 2.54 bits per heavy atom. The normalized spacial score (nSPS) is 18.6. The van der Waals surface area contributed by atoms with Gasteiger partial charge in [-0.3, -0.25) is 0 Å². The van der Waals surface area contributed by atoms with Crippen LogP contribution in [0, 0.1) is 0 Å². The maximum Gasteiger partial charge on any atom is 0.0901 e. The highest BCUT2D eigenvalue weighted by molar-refractivity contribution is 5.84. The number of hydrogen-bond donors (Lipinski definition) is 2. The van der Waals surface area contributed by atoms with E-state index in [1.807, 2.05) is 6.07 Å². The van der Waals surface area contributed by atoms with Gasteiger partial charge in [0.1, 0.15) is 0 Å². The Bertz CT molecular complexity index is 853. The fourth-order valence-corrected chi connectivity index (χ4v) is 3.94. The Kier molecular flexibility index (Phi) is 3.66. The van der Waals surface area contributed by atoms with Crippen LogP contribution in [-0.4, -0.2) is 16.3 Å². The Labute approximate surface area is 142 Å². The van der Waals surface area contributed by atoms with Crippen molar-refractivity contribution in [2.24, 2.45) is 7.05 Å². The second-order valence-electron chi connectivity index (χ2n) is 6.46. The van der Waals surface area contributed by atoms with E-state index in [-0.39, 0.29) is 12.1 Å². The highest BCUT2D eigenvalue weighted by atomic mass is 16.2. The van der Waals surface area contributed by atoms with Crippen molar-refractivity contribution in [3.8, 4) is 11.3 Å². The average Bonchev–Trinajstić information content (AvgIpc) is 3.03. The SMILES string of the molecule is Cn1ccc2c1-c1ccccc1N[C@@]2(CCCO)c1ccccc1. The molecule has 0 aliphatic carbocycles. The number of anilines is 1. The minimum absolute atomic E-state index is 0.195. The van der Waals surface area contributed by atoms with Crippen LogP contribution in [0.1, 0.15) is 24.0 Å². The first-order valence-electron chi connectivity index (χ1n) is 8.46. The first kappa shape index (κ1) is 15.0. The van der Waals surface area contributed by atoms with Crippen molar-refractivity contribution in [1.29, 1.82) is 0 Å². The lowest BCUT2D eigenvalue weighted by Crippen LogP contribution is -2.39. The van der Waals surface area contributed by atoms with Crippen molar-refractivity contribution < 1.29 is 5.11 Å². The van der Waals surface area contributed by atoms with Crippen molar-refractivity contribution in [2.45, 2.75) is 18.4 Å². The predicted octanol–water partition coefficient (Wildman–Crippen LogP) is 4.13. The van der Waals surface area contributed by atoms with Crippen LogP contribution in [-0.2, 0) is 12.6 Å². The molecular formula is C21H22N2O. The maximum atomic E-state index is 9.47. The highest BCUT2D eigenvalue weighted by Crippen LogP contribution is 2.48. The Morgan fingerprint density at radius 1 is 1.00 bits per heavy atom. The molecule has 4 rings (SSSR count). The van der Waals surface area contributed by atoms with Crippen LogP contribution in [0.25, 0.3) is 11.3 Å². The topological polar surface area (TPSA) is 37.2 Å². The van der Waals surface area contributed by atoms with Crippen LogP contribution < -0.4 is 5.32 Å². The first-order chi connectivity index (χ1) is 11.8. The van der Waals surface area contributed by atoms with Gasteiger partial charge in [-0.2, -0.15) is 0 Å². The summed E-state index contributed by atoms with van der Waals surface area (Å²) in [5.41, 5.74) is 5.84. The molecule has 3 aromatic rings. The molecule has 24 heavy (non-hydrogen) atoms. The number of nitrogens with one attached hydrogen (secondary N) is 1. The number of aromatic nitrogens is 1. The molecule has 0 unspecified atom stereocenters. The minimum atomic E-state index is -0.311. The average molecular weight is 318 g/mol. The number of para-hydroxylation sites is 1. The van der Waals surface area contributed by atoms with E-state index in [1.54, 1.807) is 0 Å². The molecule has 2 aromatic carbocycles. The van der Waals surface area contributed by atoms with Gasteiger partial charge in [0.15, 0.2) is 0 Å². The number of hydrogen-bond acceptors (Lipinski definition) is 2. The number of aryl methyl sites for hydroxylation is 1. The van der Waals surface area contributed by atoms with Gasteiger partial charge in [-0.1, -0.05) is 48.5 Å². The van der Waals surface area contributed by atoms with Gasteiger partial charge in [0, 0.05) is 36.7 Å². The fourth-order valence-electron chi connectivity index (χ4n) is 3.94. The van der Waals surface area contributed by atoms with E-state index in [0.29, 0.717) is 0 Å². The van der Waals surface area contributed by atoms with E-state index in [0.717, 1.165) is 18.5 Å². The molecular weight excluding hydrogens is 296 g/mol. The molecule has 0 bridgehead atoms. The van der Waals surface area contributed by atoms with Crippen LogP contribution >= 0.6 is 0 Å². The quantitative estimate of drug-likeness (QED) is 0.759. The van der Waals surface area contributed by atoms with Crippen LogP contribution in [0.2, 0.25) is 0 Å². The Balaban J connectivity index is 1.98. The van der Waals surface area contributed by atoms with Crippen molar-refractivity contribution in [1.82, 2.24) is 4.57 Å². The van der Waals surface area contributed by atoms with Gasteiger partial charge in [0.05, 0.1) is 11.2 Å². The zero-order chi connectivity index (χ0) is 16.6. The van der Waals surface area contributed by atoms with Gasteiger partial charge in [0.25, 0.3) is 0 Å². The number of nitrogens with zero attached hydrogens (tertiary/aromatic N) is 1. The smallest absolute Gasteiger partial charge is 0.0901 e. The lowest BCUT2D eigenvalue weighted by Gasteiger charge is -2.41. The number of benzene rings is 2. The number of fused-ring (bicyclic) bond motifs is 3. The molecule has 1 aromatic heterocycles. The van der Waals surface area contributed by atoms with Gasteiger partial charge in [-0.15, -0.1) is 0 Å². The lowest BCUT2D eigenvalue weighted by atomic mass is 9.75. The second-order valence-corrected chi connectivity index (χ2v) is 6.46. The second kappa shape index (κ2) is 5.84. The fraction of sp³-hybridized carbons (Fsp3) is 0.238. The number of aliphatic hydroxyl groups is 1. The summed E-state index contributed by atoms with van der Waals surface area (Å²) in [5, 5.41) is 13.3. The van der Waals surface area contributed by atoms with E-state index >= 15 is 0 Å². The van der Waals surface area contributed by atoms with Gasteiger partial charge < -0.3 is 15.0 Å². The van der Waals surface area contributed by atoms with Gasteiger partial charge in [-0.25, -0.2) is 0 Å². The van der Waals surface area contributed by atoms with E-state index in [2.05, 4.69) is 77.7 Å². The molecule has 0 spiro atoms. The van der Waals surface area contributed by atoms with Crippen LogP contribution in [0.3, 0.4) is 0 Å². The Morgan fingerprint density at radius 2 is 1.75 bits per heavy atom. The zero-order valence-electron chi connectivity index (χ0n) is 13.9. The van der Waals surface area contributed by atoms with Crippen LogP contribution in [0.15, 0.2) is 66.9 Å². The molecule has 3 nitrogen and oxygen atoms in total. The molecule has 0 saturated heterocycles. The van der Waals surface area contributed by atoms with E-state index in [9.17, 15) is 5.11 Å². The minimum Gasteiger partial charge on any atom is -0.396 e. The maximum absolute atomic E-state index is 9.47. The number of rotatable bonds is 4. The van der Waals surface area contributed by atoms with Crippen molar-refractivity contribution in [3.63, 3.8) is 0 Å². The van der Waals surface area contributed by atoms with E-state index < -0.39 is 0 Å². The number of aliphatic hydroxyl groups excluding tert-OH is 1. The van der Waals surface area contributed by atoms with Crippen LogP contribution in [0.5, 0.6) is 0 Å². The molecule has 0 amide bonds. The molecule has 0 saturated carbocycles. The van der Waals surface area contributed by atoms with E-state index in [4.69, 9.17) is 0 Å². The summed E-state index contributed by atoms with van der Waals surface area (Å²) in [7, 11) is 2.10. The molecule has 122 valence electrons. The summed E-state index contributed by atoms with van der Waals surface area (Å²) in [6.07, 6.45) is 3.72. The molecule has 0 fully saturated rings. The third-order valence-corrected chi connectivity index (χ3v) is 5.04. The van der Waals surface area contributed by atoms with Gasteiger partial charge in [-0.05, 0) is 30.5 Å². The molecule has 1 aliphatic heterocycles. The van der Waals surface area contributed by atoms with Crippen LogP contribution in [0.4, 0.5) is 5.69 Å². The first-order valence-corrected chi connectivity index (χ1v) is 8.46. The largest absolute Gasteiger partial charge is 0.396 e. The Hall–Kier alpha value is -2.52. The van der Waals surface area contributed by atoms with Gasteiger partial charge >= 0.3 is 0 Å². The van der Waals surface area contributed by atoms with Gasteiger partial charge in [0.2, 0.25) is 0 Å². The van der Waals surface area contributed by atoms with Crippen molar-refractivity contribution >= 4 is 5.69 Å². The molecule has 2 heterocycles. The van der Waals surface area contributed by atoms with E-state index in [1.165, 1.54) is 22.4 Å². The summed E-state index contributed by atoms with van der Waals surface area (Å²) in [6.45, 7) is 0.195. The zero-order valence-corrected chi connectivity index (χ0v) is 13.9. The van der Waals surface area contributed by atoms with Crippen molar-refractivity contribution in [2.75, 3.05) is 11.9 Å². The molecule has 1 atom stereocenters. The summed E-state index contributed by atoms with van der Waals surface area (Å²) in [6, 6.07) is 21.2. The molecule has 1 aliphatic rings.